The van der Waals surface area contributed by atoms with Gasteiger partial charge in [-0.15, -0.1) is 0 Å². The van der Waals surface area contributed by atoms with Gasteiger partial charge in [-0.2, -0.15) is 0 Å². The SMILES string of the molecule is CN1C2CCC1CC(C(=N)N1CCCC1)C2. The minimum absolute atomic E-state index is 0.562. The molecule has 3 fully saturated rings. The lowest BCUT2D eigenvalue weighted by Gasteiger charge is -2.38. The first-order valence-corrected chi connectivity index (χ1v) is 6.81. The zero-order valence-corrected chi connectivity index (χ0v) is 10.3. The van der Waals surface area contributed by atoms with E-state index in [-0.39, 0.29) is 0 Å². The van der Waals surface area contributed by atoms with E-state index in [9.17, 15) is 0 Å². The molecular formula is C13H23N3. The third-order valence-corrected chi connectivity index (χ3v) is 4.93. The lowest BCUT2D eigenvalue weighted by molar-refractivity contribution is 0.153. The van der Waals surface area contributed by atoms with E-state index >= 15 is 0 Å². The van der Waals surface area contributed by atoms with Crippen LogP contribution in [0, 0.1) is 11.3 Å². The second-order valence-corrected chi connectivity index (χ2v) is 5.80. The van der Waals surface area contributed by atoms with E-state index in [4.69, 9.17) is 5.41 Å². The van der Waals surface area contributed by atoms with E-state index in [1.807, 2.05) is 0 Å². The lowest BCUT2D eigenvalue weighted by atomic mass is 9.89. The van der Waals surface area contributed by atoms with Crippen LogP contribution in [0.25, 0.3) is 0 Å². The molecule has 3 aliphatic rings. The first-order chi connectivity index (χ1) is 7.75. The topological polar surface area (TPSA) is 30.3 Å². The summed E-state index contributed by atoms with van der Waals surface area (Å²) in [5, 5.41) is 8.36. The van der Waals surface area contributed by atoms with Gasteiger partial charge in [0.15, 0.2) is 0 Å². The van der Waals surface area contributed by atoms with Crippen LogP contribution < -0.4 is 0 Å². The summed E-state index contributed by atoms with van der Waals surface area (Å²) in [5.74, 6) is 1.52. The third kappa shape index (κ3) is 1.65. The normalized spacial score (nSPS) is 39.3. The van der Waals surface area contributed by atoms with Gasteiger partial charge in [0.2, 0.25) is 0 Å². The quantitative estimate of drug-likeness (QED) is 0.542. The molecule has 0 saturated carbocycles. The molecular weight excluding hydrogens is 198 g/mol. The van der Waals surface area contributed by atoms with E-state index in [0.29, 0.717) is 5.92 Å². The van der Waals surface area contributed by atoms with Gasteiger partial charge >= 0.3 is 0 Å². The van der Waals surface area contributed by atoms with Crippen LogP contribution in [0.4, 0.5) is 0 Å². The van der Waals surface area contributed by atoms with Crippen LogP contribution >= 0.6 is 0 Å². The fraction of sp³-hybridized carbons (Fsp3) is 0.923. The summed E-state index contributed by atoms with van der Waals surface area (Å²) >= 11 is 0. The molecule has 0 amide bonds. The predicted octanol–water partition coefficient (Wildman–Crippen LogP) is 1.93. The minimum atomic E-state index is 0.562. The average molecular weight is 221 g/mol. The molecule has 0 aromatic heterocycles. The van der Waals surface area contributed by atoms with Crippen LogP contribution in [0.2, 0.25) is 0 Å². The zero-order valence-electron chi connectivity index (χ0n) is 10.3. The maximum atomic E-state index is 8.36. The molecule has 3 heteroatoms. The van der Waals surface area contributed by atoms with E-state index in [2.05, 4.69) is 16.8 Å². The van der Waals surface area contributed by atoms with Gasteiger partial charge in [0.1, 0.15) is 0 Å². The molecule has 16 heavy (non-hydrogen) atoms. The van der Waals surface area contributed by atoms with Crippen LogP contribution in [0.3, 0.4) is 0 Å². The Morgan fingerprint density at radius 3 is 2.19 bits per heavy atom. The first kappa shape index (κ1) is 10.6. The molecule has 2 unspecified atom stereocenters. The van der Waals surface area contributed by atoms with Crippen LogP contribution in [0.5, 0.6) is 0 Å². The number of amidine groups is 1. The van der Waals surface area contributed by atoms with Crippen molar-refractivity contribution >= 4 is 5.84 Å². The third-order valence-electron chi connectivity index (χ3n) is 4.93. The van der Waals surface area contributed by atoms with Gasteiger partial charge in [-0.05, 0) is 45.6 Å². The van der Waals surface area contributed by atoms with Crippen molar-refractivity contribution in [2.45, 2.75) is 50.6 Å². The van der Waals surface area contributed by atoms with Crippen molar-refractivity contribution in [3.63, 3.8) is 0 Å². The number of fused-ring (bicyclic) bond motifs is 2. The highest BCUT2D eigenvalue weighted by Gasteiger charge is 2.40. The highest BCUT2D eigenvalue weighted by molar-refractivity contribution is 5.82. The van der Waals surface area contributed by atoms with Gasteiger partial charge in [-0.25, -0.2) is 0 Å². The van der Waals surface area contributed by atoms with Crippen molar-refractivity contribution in [3.8, 4) is 0 Å². The molecule has 2 bridgehead atoms. The molecule has 1 N–H and O–H groups in total. The molecule has 90 valence electrons. The fourth-order valence-corrected chi connectivity index (χ4v) is 3.85. The average Bonchev–Trinajstić information content (AvgIpc) is 2.85. The Labute approximate surface area is 98.3 Å². The second kappa shape index (κ2) is 4.02. The van der Waals surface area contributed by atoms with Crippen molar-refractivity contribution in [2.75, 3.05) is 20.1 Å². The lowest BCUT2D eigenvalue weighted by Crippen LogP contribution is -2.45. The molecule has 0 spiro atoms. The standard InChI is InChI=1S/C13H23N3/c1-15-11-4-5-12(15)9-10(8-11)13(14)16-6-2-3-7-16/h10-12,14H,2-9H2,1H3. The van der Waals surface area contributed by atoms with Crippen molar-refractivity contribution in [1.82, 2.24) is 9.80 Å². The molecule has 3 rings (SSSR count). The largest absolute Gasteiger partial charge is 0.360 e. The Morgan fingerprint density at radius 1 is 1.06 bits per heavy atom. The summed E-state index contributed by atoms with van der Waals surface area (Å²) in [6.07, 6.45) is 7.80. The first-order valence-electron chi connectivity index (χ1n) is 6.81. The minimum Gasteiger partial charge on any atom is -0.360 e. The Kier molecular flexibility index (Phi) is 2.66. The molecule has 0 aliphatic carbocycles. The number of hydrogen-bond acceptors (Lipinski definition) is 2. The maximum Gasteiger partial charge on any atom is 0.0990 e. The fourth-order valence-electron chi connectivity index (χ4n) is 3.85. The molecule has 0 aromatic rings. The molecule has 0 radical (unpaired) electrons. The Hall–Kier alpha value is -0.570. The van der Waals surface area contributed by atoms with Crippen molar-refractivity contribution in [1.29, 1.82) is 5.41 Å². The molecule has 3 heterocycles. The Morgan fingerprint density at radius 2 is 1.62 bits per heavy atom. The molecule has 2 atom stereocenters. The van der Waals surface area contributed by atoms with E-state index < -0.39 is 0 Å². The van der Waals surface area contributed by atoms with Gasteiger partial charge in [0.25, 0.3) is 0 Å². The van der Waals surface area contributed by atoms with Crippen LogP contribution in [-0.2, 0) is 0 Å². The van der Waals surface area contributed by atoms with Gasteiger partial charge in [0.05, 0.1) is 5.84 Å². The Bertz CT molecular complexity index is 269. The molecule has 3 saturated heterocycles. The maximum absolute atomic E-state index is 8.36. The molecule has 3 nitrogen and oxygen atoms in total. The van der Waals surface area contributed by atoms with E-state index in [1.54, 1.807) is 0 Å². The van der Waals surface area contributed by atoms with Gasteiger partial charge in [-0.3, -0.25) is 5.41 Å². The monoisotopic (exact) mass is 221 g/mol. The number of nitrogens with one attached hydrogen (secondary N) is 1. The summed E-state index contributed by atoms with van der Waals surface area (Å²) in [7, 11) is 2.28. The zero-order chi connectivity index (χ0) is 11.1. The van der Waals surface area contributed by atoms with Crippen molar-refractivity contribution in [2.24, 2.45) is 5.92 Å². The van der Waals surface area contributed by atoms with Crippen molar-refractivity contribution in [3.05, 3.63) is 0 Å². The highest BCUT2D eigenvalue weighted by atomic mass is 15.2. The smallest absolute Gasteiger partial charge is 0.0990 e. The van der Waals surface area contributed by atoms with Crippen LogP contribution in [-0.4, -0.2) is 47.9 Å². The van der Waals surface area contributed by atoms with Gasteiger partial charge in [0, 0.05) is 31.1 Å². The summed E-state index contributed by atoms with van der Waals surface area (Å²) in [6, 6.07) is 1.54. The molecule has 3 aliphatic heterocycles. The summed E-state index contributed by atoms with van der Waals surface area (Å²) in [6.45, 7) is 2.28. The summed E-state index contributed by atoms with van der Waals surface area (Å²) < 4.78 is 0. The molecule has 0 aromatic carbocycles. The summed E-state index contributed by atoms with van der Waals surface area (Å²) in [5.41, 5.74) is 0. The van der Waals surface area contributed by atoms with Gasteiger partial charge in [-0.1, -0.05) is 0 Å². The van der Waals surface area contributed by atoms with Crippen LogP contribution in [0.1, 0.15) is 38.5 Å². The van der Waals surface area contributed by atoms with E-state index in [1.165, 1.54) is 38.5 Å². The number of likely N-dealkylation sites (tertiary alicyclic amines) is 1. The van der Waals surface area contributed by atoms with Crippen molar-refractivity contribution < 1.29 is 0 Å². The highest BCUT2D eigenvalue weighted by Crippen LogP contribution is 2.38. The number of nitrogens with zero attached hydrogens (tertiary/aromatic N) is 2. The van der Waals surface area contributed by atoms with E-state index in [0.717, 1.165) is 31.0 Å². The predicted molar refractivity (Wildman–Crippen MR) is 65.8 cm³/mol. The summed E-state index contributed by atoms with van der Waals surface area (Å²) in [4.78, 5) is 4.89. The number of rotatable bonds is 1. The number of piperidine rings is 1. The van der Waals surface area contributed by atoms with Gasteiger partial charge < -0.3 is 9.80 Å². The van der Waals surface area contributed by atoms with Crippen LogP contribution in [0.15, 0.2) is 0 Å². The second-order valence-electron chi connectivity index (χ2n) is 5.80. The Balaban J connectivity index is 1.66. The number of hydrogen-bond donors (Lipinski definition) is 1.